The summed E-state index contributed by atoms with van der Waals surface area (Å²) < 4.78 is 8.33. The summed E-state index contributed by atoms with van der Waals surface area (Å²) in [4.78, 5) is 2.40. The fourth-order valence-electron chi connectivity index (χ4n) is 3.98. The van der Waals surface area contributed by atoms with E-state index in [0.717, 1.165) is 49.9 Å². The van der Waals surface area contributed by atoms with E-state index >= 15 is 0 Å². The highest BCUT2D eigenvalue weighted by atomic mass is 16.5. The zero-order chi connectivity index (χ0) is 16.6. The summed E-state index contributed by atoms with van der Waals surface area (Å²) in [6.07, 6.45) is 4.67. The molecule has 2 saturated heterocycles. The Morgan fingerprint density at radius 2 is 2.04 bits per heavy atom. The molecule has 0 bridgehead atoms. The standard InChI is InChI=1S/C19H26N4O/c1-15-8-6-12-22(15)18-21-20-17(16-9-4-3-5-10-16)23(18)14-19(2)11-7-13-24-19/h3-5,9-10,15H,6-8,11-14H2,1-2H3. The molecule has 24 heavy (non-hydrogen) atoms. The van der Waals surface area contributed by atoms with Crippen LogP contribution in [0.1, 0.15) is 39.5 Å². The second kappa shape index (κ2) is 6.20. The molecule has 2 aromatic rings. The number of hydrogen-bond donors (Lipinski definition) is 0. The van der Waals surface area contributed by atoms with E-state index in [4.69, 9.17) is 4.74 Å². The molecule has 2 unspecified atom stereocenters. The van der Waals surface area contributed by atoms with Crippen molar-refractivity contribution < 1.29 is 4.74 Å². The molecule has 4 rings (SSSR count). The van der Waals surface area contributed by atoms with Crippen LogP contribution in [0.3, 0.4) is 0 Å². The molecule has 2 atom stereocenters. The number of hydrogen-bond acceptors (Lipinski definition) is 4. The second-order valence-corrected chi connectivity index (χ2v) is 7.36. The fourth-order valence-corrected chi connectivity index (χ4v) is 3.98. The minimum Gasteiger partial charge on any atom is -0.373 e. The molecular weight excluding hydrogens is 300 g/mol. The molecule has 128 valence electrons. The van der Waals surface area contributed by atoms with Gasteiger partial charge >= 0.3 is 0 Å². The Morgan fingerprint density at radius 3 is 2.71 bits per heavy atom. The van der Waals surface area contributed by atoms with Gasteiger partial charge in [-0.1, -0.05) is 30.3 Å². The third-order valence-electron chi connectivity index (χ3n) is 5.37. The number of nitrogens with zero attached hydrogens (tertiary/aromatic N) is 4. The van der Waals surface area contributed by atoms with Crippen LogP contribution in [0, 0.1) is 0 Å². The van der Waals surface area contributed by atoms with Gasteiger partial charge in [0.25, 0.3) is 0 Å². The van der Waals surface area contributed by atoms with Gasteiger partial charge in [0.1, 0.15) is 0 Å². The van der Waals surface area contributed by atoms with Crippen molar-refractivity contribution in [2.75, 3.05) is 18.1 Å². The molecule has 0 aliphatic carbocycles. The van der Waals surface area contributed by atoms with Gasteiger partial charge in [-0.3, -0.25) is 4.57 Å². The molecule has 2 fully saturated rings. The molecule has 0 N–H and O–H groups in total. The van der Waals surface area contributed by atoms with Crippen LogP contribution in [0.5, 0.6) is 0 Å². The van der Waals surface area contributed by atoms with E-state index in [1.165, 1.54) is 12.8 Å². The van der Waals surface area contributed by atoms with Crippen molar-refractivity contribution in [2.24, 2.45) is 0 Å². The quantitative estimate of drug-likeness (QED) is 0.862. The lowest BCUT2D eigenvalue weighted by Gasteiger charge is -2.28. The first-order valence-corrected chi connectivity index (χ1v) is 9.05. The largest absolute Gasteiger partial charge is 0.373 e. The topological polar surface area (TPSA) is 43.2 Å². The summed E-state index contributed by atoms with van der Waals surface area (Å²) >= 11 is 0. The Labute approximate surface area is 143 Å². The molecule has 0 radical (unpaired) electrons. The predicted molar refractivity (Wildman–Crippen MR) is 95.1 cm³/mol. The maximum Gasteiger partial charge on any atom is 0.227 e. The summed E-state index contributed by atoms with van der Waals surface area (Å²) in [5.74, 6) is 1.94. The average Bonchev–Trinajstić information content (AvgIpc) is 3.29. The zero-order valence-electron chi connectivity index (χ0n) is 14.6. The van der Waals surface area contributed by atoms with Gasteiger partial charge in [0, 0.05) is 24.8 Å². The van der Waals surface area contributed by atoms with Gasteiger partial charge in [-0.25, -0.2) is 0 Å². The van der Waals surface area contributed by atoms with Crippen molar-refractivity contribution in [3.63, 3.8) is 0 Å². The summed E-state index contributed by atoms with van der Waals surface area (Å²) in [5.41, 5.74) is 0.994. The smallest absolute Gasteiger partial charge is 0.227 e. The molecule has 0 saturated carbocycles. The number of aromatic nitrogens is 3. The van der Waals surface area contributed by atoms with E-state index in [0.29, 0.717) is 6.04 Å². The predicted octanol–water partition coefficient (Wildman–Crippen LogP) is 3.50. The van der Waals surface area contributed by atoms with Crippen molar-refractivity contribution in [1.82, 2.24) is 14.8 Å². The van der Waals surface area contributed by atoms with Crippen LogP contribution in [0.2, 0.25) is 0 Å². The lowest BCUT2D eigenvalue weighted by Crippen LogP contribution is -2.34. The summed E-state index contributed by atoms with van der Waals surface area (Å²) in [6, 6.07) is 10.9. The van der Waals surface area contributed by atoms with Crippen LogP contribution in [0.4, 0.5) is 5.95 Å². The average molecular weight is 326 g/mol. The van der Waals surface area contributed by atoms with E-state index in [1.54, 1.807) is 0 Å². The van der Waals surface area contributed by atoms with E-state index in [2.05, 4.69) is 57.8 Å². The van der Waals surface area contributed by atoms with E-state index < -0.39 is 0 Å². The van der Waals surface area contributed by atoms with E-state index in [-0.39, 0.29) is 5.60 Å². The maximum absolute atomic E-state index is 6.05. The highest BCUT2D eigenvalue weighted by Gasteiger charge is 2.34. The Bertz CT molecular complexity index is 691. The first-order valence-electron chi connectivity index (χ1n) is 9.05. The molecule has 5 heteroatoms. The van der Waals surface area contributed by atoms with Gasteiger partial charge in [0.2, 0.25) is 5.95 Å². The lowest BCUT2D eigenvalue weighted by atomic mass is 10.0. The molecular formula is C19H26N4O. The molecule has 2 aliphatic rings. The minimum absolute atomic E-state index is 0.121. The summed E-state index contributed by atoms with van der Waals surface area (Å²) in [6.45, 7) is 7.22. The second-order valence-electron chi connectivity index (χ2n) is 7.36. The number of rotatable bonds is 4. The third kappa shape index (κ3) is 2.81. The van der Waals surface area contributed by atoms with Crippen LogP contribution in [-0.4, -0.2) is 39.6 Å². The Kier molecular flexibility index (Phi) is 4.04. The molecule has 0 spiro atoms. The minimum atomic E-state index is -0.121. The van der Waals surface area contributed by atoms with Crippen molar-refractivity contribution >= 4 is 5.95 Å². The molecule has 1 aromatic heterocycles. The van der Waals surface area contributed by atoms with E-state index in [1.807, 2.05) is 6.07 Å². The molecule has 3 heterocycles. The summed E-state index contributed by atoms with van der Waals surface area (Å²) in [7, 11) is 0. The zero-order valence-corrected chi connectivity index (χ0v) is 14.6. The molecule has 0 amide bonds. The first-order chi connectivity index (χ1) is 11.7. The fraction of sp³-hybridized carbons (Fsp3) is 0.579. The van der Waals surface area contributed by atoms with Crippen LogP contribution in [0.15, 0.2) is 30.3 Å². The van der Waals surface area contributed by atoms with E-state index in [9.17, 15) is 0 Å². The molecule has 1 aromatic carbocycles. The molecule has 5 nitrogen and oxygen atoms in total. The van der Waals surface area contributed by atoms with Crippen LogP contribution in [-0.2, 0) is 11.3 Å². The normalized spacial score (nSPS) is 27.1. The number of ether oxygens (including phenoxy) is 1. The van der Waals surface area contributed by atoms with Gasteiger partial charge in [-0.05, 0) is 39.5 Å². The highest BCUT2D eigenvalue weighted by molar-refractivity contribution is 5.58. The first kappa shape index (κ1) is 15.6. The van der Waals surface area contributed by atoms with Crippen molar-refractivity contribution in [2.45, 2.75) is 57.7 Å². The van der Waals surface area contributed by atoms with Crippen LogP contribution in [0.25, 0.3) is 11.4 Å². The Balaban J connectivity index is 1.75. The number of benzene rings is 1. The molecule has 2 aliphatic heterocycles. The van der Waals surface area contributed by atoms with Gasteiger partial charge in [-0.15, -0.1) is 10.2 Å². The van der Waals surface area contributed by atoms with Gasteiger partial charge in [0.15, 0.2) is 5.82 Å². The maximum atomic E-state index is 6.05. The highest BCUT2D eigenvalue weighted by Crippen LogP contribution is 2.33. The van der Waals surface area contributed by atoms with Gasteiger partial charge in [0.05, 0.1) is 12.1 Å². The van der Waals surface area contributed by atoms with Crippen molar-refractivity contribution in [3.8, 4) is 11.4 Å². The van der Waals surface area contributed by atoms with Crippen molar-refractivity contribution in [1.29, 1.82) is 0 Å². The van der Waals surface area contributed by atoms with Gasteiger partial charge < -0.3 is 9.64 Å². The monoisotopic (exact) mass is 326 g/mol. The lowest BCUT2D eigenvalue weighted by molar-refractivity contribution is 0.00674. The Morgan fingerprint density at radius 1 is 1.21 bits per heavy atom. The van der Waals surface area contributed by atoms with Crippen LogP contribution >= 0.6 is 0 Å². The van der Waals surface area contributed by atoms with Crippen molar-refractivity contribution in [3.05, 3.63) is 30.3 Å². The Hall–Kier alpha value is -1.88. The SMILES string of the molecule is CC1CCCN1c1nnc(-c2ccccc2)n1CC1(C)CCCO1. The summed E-state index contributed by atoms with van der Waals surface area (Å²) in [5, 5.41) is 9.14. The third-order valence-corrected chi connectivity index (χ3v) is 5.37. The number of anilines is 1. The van der Waals surface area contributed by atoms with Gasteiger partial charge in [-0.2, -0.15) is 0 Å². The van der Waals surface area contributed by atoms with Crippen LogP contribution < -0.4 is 4.90 Å².